The van der Waals surface area contributed by atoms with Gasteiger partial charge >= 0.3 is 0 Å². The third-order valence-electron chi connectivity index (χ3n) is 4.97. The van der Waals surface area contributed by atoms with Gasteiger partial charge in [-0.3, -0.25) is 24.6 Å². The molecule has 1 aromatic heterocycles. The van der Waals surface area contributed by atoms with Gasteiger partial charge in [0.2, 0.25) is 0 Å². The maximum absolute atomic E-state index is 12.7. The number of anilines is 2. The van der Waals surface area contributed by atoms with E-state index in [9.17, 15) is 23.3 Å². The molecule has 0 saturated heterocycles. The minimum Gasteiger partial charge on any atom is -0.320 e. The van der Waals surface area contributed by atoms with Crippen LogP contribution in [0.15, 0.2) is 83.9 Å². The molecule has 0 fully saturated rings. The van der Waals surface area contributed by atoms with Crippen LogP contribution in [0.1, 0.15) is 15.9 Å². The van der Waals surface area contributed by atoms with Crippen LogP contribution in [0, 0.1) is 17.0 Å². The molecule has 10 heteroatoms. The number of hydrogen-bond donors (Lipinski definition) is 2. The van der Waals surface area contributed by atoms with Crippen LogP contribution in [0.25, 0.3) is 10.9 Å². The highest BCUT2D eigenvalue weighted by atomic mass is 32.2. The number of sulfonamides is 1. The van der Waals surface area contributed by atoms with Crippen molar-refractivity contribution in [2.75, 3.05) is 10.0 Å². The zero-order valence-electron chi connectivity index (χ0n) is 17.3. The number of rotatable bonds is 6. The Morgan fingerprint density at radius 1 is 1.00 bits per heavy atom. The molecule has 3 aromatic carbocycles. The van der Waals surface area contributed by atoms with Crippen LogP contribution in [0.4, 0.5) is 17.1 Å². The number of nitro groups is 1. The molecule has 0 aliphatic heterocycles. The van der Waals surface area contributed by atoms with E-state index >= 15 is 0 Å². The second-order valence-corrected chi connectivity index (χ2v) is 8.91. The van der Waals surface area contributed by atoms with Crippen LogP contribution in [-0.2, 0) is 10.0 Å². The number of carbonyl (C=O) groups excluding carboxylic acids is 1. The van der Waals surface area contributed by atoms with Crippen molar-refractivity contribution in [2.45, 2.75) is 11.8 Å². The quantitative estimate of drug-likeness (QED) is 0.320. The number of aryl methyl sites for hydroxylation is 1. The highest BCUT2D eigenvalue weighted by Crippen LogP contribution is 2.25. The van der Waals surface area contributed by atoms with Crippen molar-refractivity contribution in [1.29, 1.82) is 0 Å². The minimum atomic E-state index is -4.06. The van der Waals surface area contributed by atoms with Gasteiger partial charge < -0.3 is 5.32 Å². The van der Waals surface area contributed by atoms with E-state index < -0.39 is 14.9 Å². The molecule has 0 unspecified atom stereocenters. The van der Waals surface area contributed by atoms with Gasteiger partial charge in [0.1, 0.15) is 0 Å². The molecule has 0 atom stereocenters. The van der Waals surface area contributed by atoms with Gasteiger partial charge in [-0.25, -0.2) is 8.42 Å². The first-order valence-electron chi connectivity index (χ1n) is 9.78. The molecule has 2 N–H and O–H groups in total. The Hall–Kier alpha value is -4.31. The summed E-state index contributed by atoms with van der Waals surface area (Å²) >= 11 is 0. The fraction of sp³-hybridized carbons (Fsp3) is 0.0435. The van der Waals surface area contributed by atoms with Crippen LogP contribution in [0.2, 0.25) is 0 Å². The average molecular weight is 462 g/mol. The Morgan fingerprint density at radius 2 is 1.73 bits per heavy atom. The van der Waals surface area contributed by atoms with Crippen LogP contribution >= 0.6 is 0 Å². The lowest BCUT2D eigenvalue weighted by molar-refractivity contribution is -0.385. The summed E-state index contributed by atoms with van der Waals surface area (Å²) in [5.41, 5.74) is 1.82. The van der Waals surface area contributed by atoms with E-state index in [0.29, 0.717) is 22.3 Å². The molecule has 0 saturated carbocycles. The third kappa shape index (κ3) is 4.65. The van der Waals surface area contributed by atoms with Crippen molar-refractivity contribution in [3.8, 4) is 0 Å². The van der Waals surface area contributed by atoms with Crippen LogP contribution < -0.4 is 10.0 Å². The number of para-hydroxylation sites is 1. The topological polar surface area (TPSA) is 131 Å². The molecule has 0 aliphatic carbocycles. The van der Waals surface area contributed by atoms with E-state index in [4.69, 9.17) is 0 Å². The summed E-state index contributed by atoms with van der Waals surface area (Å²) < 4.78 is 27.7. The van der Waals surface area contributed by atoms with E-state index in [1.165, 1.54) is 43.3 Å². The SMILES string of the molecule is Cc1ccc(S(=O)(=O)Nc2ccc(C(=O)Nc3cccc4cccnc34)cc2)cc1[N+](=O)[O-]. The predicted octanol–water partition coefficient (Wildman–Crippen LogP) is 4.50. The number of nitrogens with zero attached hydrogens (tertiary/aromatic N) is 2. The van der Waals surface area contributed by atoms with E-state index in [0.717, 1.165) is 11.5 Å². The Bertz CT molecular complexity index is 1480. The van der Waals surface area contributed by atoms with Gasteiger partial charge in [0, 0.05) is 34.5 Å². The lowest BCUT2D eigenvalue weighted by atomic mass is 10.1. The van der Waals surface area contributed by atoms with Gasteiger partial charge in [-0.2, -0.15) is 0 Å². The van der Waals surface area contributed by atoms with E-state index in [-0.39, 0.29) is 22.2 Å². The standard InChI is InChI=1S/C23H18N4O5S/c1-15-7-12-19(14-21(15)27(29)30)33(31,32)26-18-10-8-17(9-11-18)23(28)25-20-6-2-4-16-5-3-13-24-22(16)20/h2-14,26H,1H3,(H,25,28). The molecular weight excluding hydrogens is 444 g/mol. The second kappa shape index (κ2) is 8.67. The maximum atomic E-state index is 12.7. The van der Waals surface area contributed by atoms with Crippen molar-refractivity contribution in [2.24, 2.45) is 0 Å². The molecule has 166 valence electrons. The Morgan fingerprint density at radius 3 is 2.45 bits per heavy atom. The highest BCUT2D eigenvalue weighted by Gasteiger charge is 2.20. The first kappa shape index (κ1) is 21.9. The summed E-state index contributed by atoms with van der Waals surface area (Å²) in [4.78, 5) is 27.2. The van der Waals surface area contributed by atoms with Gasteiger partial charge in [-0.15, -0.1) is 0 Å². The third-order valence-corrected chi connectivity index (χ3v) is 6.35. The fourth-order valence-electron chi connectivity index (χ4n) is 3.26. The first-order valence-corrected chi connectivity index (χ1v) is 11.3. The van der Waals surface area contributed by atoms with E-state index in [1.807, 2.05) is 24.3 Å². The molecule has 9 nitrogen and oxygen atoms in total. The number of amides is 1. The second-order valence-electron chi connectivity index (χ2n) is 7.22. The van der Waals surface area contributed by atoms with Gasteiger partial charge in [-0.1, -0.05) is 24.3 Å². The summed E-state index contributed by atoms with van der Waals surface area (Å²) in [6.07, 6.45) is 1.64. The number of benzene rings is 3. The Kier molecular flexibility index (Phi) is 5.76. The van der Waals surface area contributed by atoms with Gasteiger partial charge in [0.05, 0.1) is 21.0 Å². The highest BCUT2D eigenvalue weighted by molar-refractivity contribution is 7.92. The minimum absolute atomic E-state index is 0.210. The monoisotopic (exact) mass is 462 g/mol. The van der Waals surface area contributed by atoms with Gasteiger partial charge in [0.15, 0.2) is 0 Å². The lowest BCUT2D eigenvalue weighted by Crippen LogP contribution is -2.14. The van der Waals surface area contributed by atoms with Crippen LogP contribution in [-0.4, -0.2) is 24.2 Å². The smallest absolute Gasteiger partial charge is 0.273 e. The fourth-order valence-corrected chi connectivity index (χ4v) is 4.33. The Balaban J connectivity index is 1.52. The molecule has 0 spiro atoms. The molecular formula is C23H18N4O5S. The number of carbonyl (C=O) groups is 1. The molecule has 0 radical (unpaired) electrons. The largest absolute Gasteiger partial charge is 0.320 e. The molecule has 4 aromatic rings. The molecule has 0 bridgehead atoms. The number of nitro benzene ring substituents is 1. The maximum Gasteiger partial charge on any atom is 0.273 e. The van der Waals surface area contributed by atoms with Crippen molar-refractivity contribution in [1.82, 2.24) is 4.98 Å². The average Bonchev–Trinajstić information content (AvgIpc) is 2.79. The van der Waals surface area contributed by atoms with E-state index in [1.54, 1.807) is 12.3 Å². The van der Waals surface area contributed by atoms with Crippen molar-refractivity contribution in [3.05, 3.63) is 100 Å². The van der Waals surface area contributed by atoms with Gasteiger partial charge in [-0.05, 0) is 49.4 Å². The molecule has 4 rings (SSSR count). The summed E-state index contributed by atoms with van der Waals surface area (Å²) in [5.74, 6) is -0.378. The number of fused-ring (bicyclic) bond motifs is 1. The predicted molar refractivity (Wildman–Crippen MR) is 125 cm³/mol. The van der Waals surface area contributed by atoms with Crippen molar-refractivity contribution >= 4 is 43.9 Å². The number of aromatic nitrogens is 1. The number of hydrogen-bond acceptors (Lipinski definition) is 6. The molecule has 1 heterocycles. The zero-order chi connectivity index (χ0) is 23.6. The normalized spacial score (nSPS) is 11.2. The molecule has 33 heavy (non-hydrogen) atoms. The Labute approximate surface area is 189 Å². The van der Waals surface area contributed by atoms with Crippen LogP contribution in [0.3, 0.4) is 0 Å². The lowest BCUT2D eigenvalue weighted by Gasteiger charge is -2.10. The first-order chi connectivity index (χ1) is 15.7. The number of nitrogens with one attached hydrogen (secondary N) is 2. The van der Waals surface area contributed by atoms with Crippen LogP contribution in [0.5, 0.6) is 0 Å². The molecule has 0 aliphatic rings. The summed E-state index contributed by atoms with van der Waals surface area (Å²) in [7, 11) is -4.06. The summed E-state index contributed by atoms with van der Waals surface area (Å²) in [6, 6.07) is 18.7. The van der Waals surface area contributed by atoms with Crippen molar-refractivity contribution < 1.29 is 18.1 Å². The summed E-state index contributed by atoms with van der Waals surface area (Å²) in [6.45, 7) is 1.53. The van der Waals surface area contributed by atoms with Crippen molar-refractivity contribution in [3.63, 3.8) is 0 Å². The summed E-state index contributed by atoms with van der Waals surface area (Å²) in [5, 5.41) is 14.8. The zero-order valence-corrected chi connectivity index (χ0v) is 18.2. The number of pyridine rings is 1. The molecule has 1 amide bonds. The van der Waals surface area contributed by atoms with Gasteiger partial charge in [0.25, 0.3) is 21.6 Å². The van der Waals surface area contributed by atoms with E-state index in [2.05, 4.69) is 15.0 Å².